The molecule has 8 heteroatoms. The van der Waals surface area contributed by atoms with E-state index in [0.717, 1.165) is 45.4 Å². The number of H-pyrrole nitrogens is 1. The maximum atomic E-state index is 12.8. The van der Waals surface area contributed by atoms with Crippen molar-refractivity contribution in [2.75, 3.05) is 5.43 Å². The second kappa shape index (κ2) is 11.8. The zero-order chi connectivity index (χ0) is 27.3. The van der Waals surface area contributed by atoms with Crippen LogP contribution in [0, 0.1) is 0 Å². The predicted octanol–water partition coefficient (Wildman–Crippen LogP) is 7.16. The van der Waals surface area contributed by atoms with Crippen molar-refractivity contribution in [3.63, 3.8) is 0 Å². The zero-order valence-electron chi connectivity index (χ0n) is 22.3. The van der Waals surface area contributed by atoms with Crippen LogP contribution in [0.3, 0.4) is 0 Å². The number of carbonyl (C=O) groups excluding carboxylic acids is 1. The van der Waals surface area contributed by atoms with Gasteiger partial charge in [0.05, 0.1) is 17.4 Å². The Labute approximate surface area is 237 Å². The number of para-hydroxylation sites is 1. The van der Waals surface area contributed by atoms with E-state index in [1.807, 2.05) is 67.0 Å². The highest BCUT2D eigenvalue weighted by molar-refractivity contribution is 7.13. The molecule has 3 N–H and O–H groups in total. The Bertz CT molecular complexity index is 1660. The number of hydrazone groups is 1. The molecule has 1 aliphatic carbocycles. The molecule has 202 valence electrons. The summed E-state index contributed by atoms with van der Waals surface area (Å²) < 4.78 is 5.53. The lowest BCUT2D eigenvalue weighted by Gasteiger charge is -2.17. The highest BCUT2D eigenvalue weighted by atomic mass is 32.1. The minimum absolute atomic E-state index is 0.201. The molecule has 0 fully saturated rings. The maximum Gasteiger partial charge on any atom is 0.408 e. The van der Waals surface area contributed by atoms with Crippen molar-refractivity contribution >= 4 is 39.2 Å². The quantitative estimate of drug-likeness (QED) is 0.134. The van der Waals surface area contributed by atoms with E-state index in [2.05, 4.69) is 45.1 Å². The third kappa shape index (κ3) is 5.92. The Morgan fingerprint density at radius 2 is 1.90 bits per heavy atom. The molecule has 7 nitrogen and oxygen atoms in total. The van der Waals surface area contributed by atoms with Crippen molar-refractivity contribution in [3.8, 4) is 0 Å². The van der Waals surface area contributed by atoms with Gasteiger partial charge in [-0.1, -0.05) is 60.7 Å². The summed E-state index contributed by atoms with van der Waals surface area (Å²) in [5.41, 5.74) is 11.8. The first kappa shape index (κ1) is 25.8. The van der Waals surface area contributed by atoms with Crippen LogP contribution in [0.2, 0.25) is 0 Å². The molecule has 6 rings (SSSR count). The molecule has 40 heavy (non-hydrogen) atoms. The van der Waals surface area contributed by atoms with Crippen LogP contribution < -0.4 is 10.7 Å². The molecule has 1 aliphatic rings. The van der Waals surface area contributed by atoms with Crippen molar-refractivity contribution in [1.82, 2.24) is 15.3 Å². The fraction of sp³-hybridized carbons (Fsp3) is 0.219. The van der Waals surface area contributed by atoms with Crippen LogP contribution in [-0.2, 0) is 30.6 Å². The van der Waals surface area contributed by atoms with Gasteiger partial charge >= 0.3 is 6.09 Å². The van der Waals surface area contributed by atoms with E-state index in [9.17, 15) is 4.79 Å². The van der Waals surface area contributed by atoms with Crippen LogP contribution in [0.25, 0.3) is 10.9 Å². The molecule has 0 bridgehead atoms. The van der Waals surface area contributed by atoms with Crippen LogP contribution in [0.4, 0.5) is 9.93 Å². The van der Waals surface area contributed by atoms with Crippen LogP contribution in [0.1, 0.15) is 52.9 Å². The molecule has 0 aliphatic heterocycles. The van der Waals surface area contributed by atoms with E-state index in [1.165, 1.54) is 35.3 Å². The Morgan fingerprint density at radius 1 is 1.07 bits per heavy atom. The van der Waals surface area contributed by atoms with Crippen molar-refractivity contribution in [3.05, 3.63) is 118 Å². The molecule has 0 spiro atoms. The summed E-state index contributed by atoms with van der Waals surface area (Å²) in [5.74, 6) is 0. The second-order valence-electron chi connectivity index (χ2n) is 10.0. The molecule has 2 heterocycles. The van der Waals surface area contributed by atoms with E-state index in [0.29, 0.717) is 11.6 Å². The third-order valence-electron chi connectivity index (χ3n) is 7.32. The largest absolute Gasteiger partial charge is 0.445 e. The molecule has 1 amide bonds. The molecule has 5 aromatic rings. The Kier molecular flexibility index (Phi) is 7.59. The number of aromatic nitrogens is 2. The van der Waals surface area contributed by atoms with Gasteiger partial charge in [0.1, 0.15) is 6.61 Å². The second-order valence-corrected chi connectivity index (χ2v) is 10.9. The molecule has 0 unspecified atom stereocenters. The summed E-state index contributed by atoms with van der Waals surface area (Å²) in [6.45, 7) is 2.20. The number of anilines is 1. The average Bonchev–Trinajstić information content (AvgIpc) is 3.75. The van der Waals surface area contributed by atoms with Crippen molar-refractivity contribution in [2.24, 2.45) is 5.10 Å². The van der Waals surface area contributed by atoms with Gasteiger partial charge in [-0.25, -0.2) is 9.78 Å². The summed E-state index contributed by atoms with van der Waals surface area (Å²) in [7, 11) is 0. The van der Waals surface area contributed by atoms with Gasteiger partial charge in [0.2, 0.25) is 5.13 Å². The van der Waals surface area contributed by atoms with E-state index in [4.69, 9.17) is 9.72 Å². The number of aromatic amines is 1. The number of amides is 1. The highest BCUT2D eigenvalue weighted by Crippen LogP contribution is 2.28. The van der Waals surface area contributed by atoms with Crippen molar-refractivity contribution in [1.29, 1.82) is 0 Å². The number of ether oxygens (including phenoxy) is 1. The highest BCUT2D eigenvalue weighted by Gasteiger charge is 2.21. The first-order valence-corrected chi connectivity index (χ1v) is 14.4. The Hall–Kier alpha value is -4.43. The number of aryl methyl sites for hydroxylation is 2. The fourth-order valence-corrected chi connectivity index (χ4v) is 5.85. The number of rotatable bonds is 9. The van der Waals surface area contributed by atoms with Crippen molar-refractivity contribution < 1.29 is 9.53 Å². The standard InChI is InChI=1S/C32H31N5O2S/c1-21(24-15-14-23-10-7-11-25(23)16-24)36-37-31-34-30(20-40-31)29(17-26-18-33-28-13-6-5-12-27(26)28)35-32(38)39-19-22-8-3-2-4-9-22/h2-6,8-9,12-16,18,20,29,33H,7,10-11,17,19H2,1H3,(H,34,37)(H,35,38)/b36-21+/t29-/m0/s1. The number of benzene rings is 3. The first-order valence-electron chi connectivity index (χ1n) is 13.5. The van der Waals surface area contributed by atoms with Crippen LogP contribution >= 0.6 is 11.3 Å². The first-order chi connectivity index (χ1) is 19.6. The minimum Gasteiger partial charge on any atom is -0.445 e. The summed E-state index contributed by atoms with van der Waals surface area (Å²) in [4.78, 5) is 21.0. The molecule has 0 saturated heterocycles. The topological polar surface area (TPSA) is 91.4 Å². The van der Waals surface area contributed by atoms with E-state index < -0.39 is 6.09 Å². The molecule has 3 aromatic carbocycles. The van der Waals surface area contributed by atoms with E-state index >= 15 is 0 Å². The summed E-state index contributed by atoms with van der Waals surface area (Å²) in [6.07, 6.45) is 5.59. The third-order valence-corrected chi connectivity index (χ3v) is 8.08. The van der Waals surface area contributed by atoms with Gasteiger partial charge in [-0.3, -0.25) is 5.43 Å². The number of hydrogen-bond acceptors (Lipinski definition) is 6. The van der Waals surface area contributed by atoms with Crippen LogP contribution in [0.15, 0.2) is 89.5 Å². The SMILES string of the molecule is C/C(=N\Nc1nc([C@H](Cc2c[nH]c3ccccc23)NC(=O)OCc2ccccc2)cs1)c1ccc2c(c1)CCC2. The van der Waals surface area contributed by atoms with E-state index in [1.54, 1.807) is 0 Å². The van der Waals surface area contributed by atoms with E-state index in [-0.39, 0.29) is 12.6 Å². The van der Waals surface area contributed by atoms with Crippen LogP contribution in [-0.4, -0.2) is 21.8 Å². The van der Waals surface area contributed by atoms with Gasteiger partial charge in [-0.05, 0) is 66.1 Å². The number of hydrogen-bond donors (Lipinski definition) is 3. The molecule has 0 saturated carbocycles. The molecule has 1 atom stereocenters. The summed E-state index contributed by atoms with van der Waals surface area (Å²) in [5, 5.41) is 11.4. The van der Waals surface area contributed by atoms with Crippen LogP contribution in [0.5, 0.6) is 0 Å². The van der Waals surface area contributed by atoms with Gasteiger partial charge in [0, 0.05) is 28.9 Å². The smallest absolute Gasteiger partial charge is 0.408 e. The zero-order valence-corrected chi connectivity index (χ0v) is 23.1. The number of fused-ring (bicyclic) bond motifs is 2. The predicted molar refractivity (Wildman–Crippen MR) is 161 cm³/mol. The van der Waals surface area contributed by atoms with Gasteiger partial charge < -0.3 is 15.0 Å². The average molecular weight is 550 g/mol. The van der Waals surface area contributed by atoms with Gasteiger partial charge in [0.15, 0.2) is 0 Å². The molecular weight excluding hydrogens is 518 g/mol. The summed E-state index contributed by atoms with van der Waals surface area (Å²) >= 11 is 1.46. The Morgan fingerprint density at radius 3 is 2.80 bits per heavy atom. The van der Waals surface area contributed by atoms with Gasteiger partial charge in [-0.15, -0.1) is 11.3 Å². The number of alkyl carbamates (subject to hydrolysis) is 1. The lowest BCUT2D eigenvalue weighted by Crippen LogP contribution is -2.30. The number of nitrogens with zero attached hydrogens (tertiary/aromatic N) is 2. The molecule has 2 aromatic heterocycles. The van der Waals surface area contributed by atoms with Crippen molar-refractivity contribution in [2.45, 2.75) is 45.3 Å². The minimum atomic E-state index is -0.485. The number of carbonyl (C=O) groups is 1. The fourth-order valence-electron chi connectivity index (χ4n) is 5.15. The Balaban J connectivity index is 1.18. The number of nitrogens with one attached hydrogen (secondary N) is 3. The normalized spacial score (nSPS) is 13.7. The lowest BCUT2D eigenvalue weighted by atomic mass is 10.0. The lowest BCUT2D eigenvalue weighted by molar-refractivity contribution is 0.135. The molecule has 0 radical (unpaired) electrons. The van der Waals surface area contributed by atoms with Gasteiger partial charge in [-0.2, -0.15) is 5.10 Å². The number of thiazole rings is 1. The summed E-state index contributed by atoms with van der Waals surface area (Å²) in [6, 6.07) is 24.0. The van der Waals surface area contributed by atoms with Gasteiger partial charge in [0.25, 0.3) is 0 Å². The monoisotopic (exact) mass is 549 g/mol. The maximum absolute atomic E-state index is 12.8. The molecular formula is C32H31N5O2S.